The summed E-state index contributed by atoms with van der Waals surface area (Å²) in [6.45, 7) is 4.07. The van der Waals surface area contributed by atoms with Crippen LogP contribution in [0.15, 0.2) is 0 Å². The van der Waals surface area contributed by atoms with Crippen LogP contribution in [0.5, 0.6) is 0 Å². The molecule has 0 aromatic carbocycles. The quantitative estimate of drug-likeness (QED) is 0.639. The summed E-state index contributed by atoms with van der Waals surface area (Å²) in [5.41, 5.74) is 5.27. The van der Waals surface area contributed by atoms with Crippen molar-refractivity contribution in [1.82, 2.24) is 20.2 Å². The van der Waals surface area contributed by atoms with Crippen molar-refractivity contribution in [1.29, 1.82) is 0 Å². The minimum absolute atomic E-state index is 0.236. The van der Waals surface area contributed by atoms with Crippen LogP contribution in [-0.2, 0) is 0 Å². The van der Waals surface area contributed by atoms with Crippen molar-refractivity contribution in [2.24, 2.45) is 0 Å². The molecule has 0 saturated heterocycles. The van der Waals surface area contributed by atoms with Crippen molar-refractivity contribution in [3.63, 3.8) is 0 Å². The Morgan fingerprint density at radius 2 is 2.40 bits per heavy atom. The van der Waals surface area contributed by atoms with E-state index in [9.17, 15) is 0 Å². The van der Waals surface area contributed by atoms with Crippen LogP contribution in [0.1, 0.15) is 26.3 Å². The van der Waals surface area contributed by atoms with Gasteiger partial charge in [-0.2, -0.15) is 4.80 Å². The van der Waals surface area contributed by atoms with Gasteiger partial charge in [0.2, 0.25) is 0 Å². The molecule has 56 valence electrons. The Morgan fingerprint density at radius 1 is 1.70 bits per heavy atom. The molecule has 1 aromatic rings. The van der Waals surface area contributed by atoms with E-state index in [1.54, 1.807) is 0 Å². The molecule has 1 unspecified atom stereocenters. The van der Waals surface area contributed by atoms with Crippen molar-refractivity contribution < 1.29 is 0 Å². The van der Waals surface area contributed by atoms with Gasteiger partial charge in [0.1, 0.15) is 0 Å². The average Bonchev–Trinajstić information content (AvgIpc) is 2.34. The first-order valence-electron chi connectivity index (χ1n) is 3.29. The van der Waals surface area contributed by atoms with Crippen molar-refractivity contribution >= 4 is 5.95 Å². The van der Waals surface area contributed by atoms with E-state index in [4.69, 9.17) is 5.73 Å². The smallest absolute Gasteiger partial charge is 0.260 e. The molecule has 1 atom stereocenters. The fourth-order valence-electron chi connectivity index (χ4n) is 0.587. The highest BCUT2D eigenvalue weighted by Gasteiger charge is 2.03. The van der Waals surface area contributed by atoms with Crippen LogP contribution in [0.2, 0.25) is 0 Å². The van der Waals surface area contributed by atoms with E-state index in [0.29, 0.717) is 0 Å². The van der Waals surface area contributed by atoms with Crippen LogP contribution < -0.4 is 5.73 Å². The maximum atomic E-state index is 5.27. The molecule has 1 heterocycles. The fraction of sp³-hybridized carbons (Fsp3) is 0.800. The van der Waals surface area contributed by atoms with Gasteiger partial charge in [0, 0.05) is 0 Å². The fourth-order valence-corrected chi connectivity index (χ4v) is 0.587. The summed E-state index contributed by atoms with van der Waals surface area (Å²) < 4.78 is 0. The zero-order valence-corrected chi connectivity index (χ0v) is 6.15. The number of hydrogen-bond acceptors (Lipinski definition) is 4. The van der Waals surface area contributed by atoms with Crippen molar-refractivity contribution in [2.75, 3.05) is 5.73 Å². The van der Waals surface area contributed by atoms with E-state index in [1.807, 2.05) is 6.92 Å². The zero-order valence-electron chi connectivity index (χ0n) is 6.15. The predicted molar refractivity (Wildman–Crippen MR) is 37.2 cm³/mol. The highest BCUT2D eigenvalue weighted by Crippen LogP contribution is 2.04. The second-order valence-electron chi connectivity index (χ2n) is 2.23. The highest BCUT2D eigenvalue weighted by atomic mass is 15.6. The van der Waals surface area contributed by atoms with Crippen LogP contribution in [0.25, 0.3) is 0 Å². The Labute approximate surface area is 59.2 Å². The molecule has 0 bridgehead atoms. The highest BCUT2D eigenvalue weighted by molar-refractivity contribution is 5.06. The Kier molecular flexibility index (Phi) is 1.84. The number of hydrogen-bond donors (Lipinski definition) is 1. The number of anilines is 1. The average molecular weight is 141 g/mol. The minimum Gasteiger partial charge on any atom is -0.365 e. The Balaban J connectivity index is 2.74. The summed E-state index contributed by atoms with van der Waals surface area (Å²) in [6, 6.07) is 0.282. The van der Waals surface area contributed by atoms with Gasteiger partial charge in [-0.25, -0.2) is 0 Å². The third-order valence-electron chi connectivity index (χ3n) is 1.43. The molecular weight excluding hydrogens is 130 g/mol. The largest absolute Gasteiger partial charge is 0.365 e. The summed E-state index contributed by atoms with van der Waals surface area (Å²) in [7, 11) is 0. The molecule has 1 rings (SSSR count). The molecular formula is C5H11N5. The lowest BCUT2D eigenvalue weighted by atomic mass is 10.3. The molecule has 0 spiro atoms. The molecule has 2 N–H and O–H groups in total. The molecule has 10 heavy (non-hydrogen) atoms. The van der Waals surface area contributed by atoms with Gasteiger partial charge >= 0.3 is 0 Å². The van der Waals surface area contributed by atoms with Gasteiger partial charge in [0.25, 0.3) is 5.95 Å². The van der Waals surface area contributed by atoms with E-state index >= 15 is 0 Å². The monoisotopic (exact) mass is 141 g/mol. The molecule has 0 aliphatic carbocycles. The number of tetrazole rings is 1. The molecule has 0 radical (unpaired) electrons. The van der Waals surface area contributed by atoms with Crippen molar-refractivity contribution in [2.45, 2.75) is 26.3 Å². The SMILES string of the molecule is CCC(C)n1nnc(N)n1. The van der Waals surface area contributed by atoms with Crippen molar-refractivity contribution in [3.8, 4) is 0 Å². The molecule has 0 aliphatic rings. The first kappa shape index (κ1) is 6.98. The molecule has 0 aliphatic heterocycles. The summed E-state index contributed by atoms with van der Waals surface area (Å²) in [6.07, 6.45) is 0.982. The lowest BCUT2D eigenvalue weighted by Gasteiger charge is -2.03. The summed E-state index contributed by atoms with van der Waals surface area (Å²) in [5.74, 6) is 0.236. The third-order valence-corrected chi connectivity index (χ3v) is 1.43. The van der Waals surface area contributed by atoms with Crippen LogP contribution in [0, 0.1) is 0 Å². The lowest BCUT2D eigenvalue weighted by Crippen LogP contribution is -2.07. The van der Waals surface area contributed by atoms with Crippen LogP contribution >= 0.6 is 0 Å². The minimum atomic E-state index is 0.236. The Bertz CT molecular complexity index is 206. The first-order valence-corrected chi connectivity index (χ1v) is 3.29. The summed E-state index contributed by atoms with van der Waals surface area (Å²) in [4.78, 5) is 1.52. The number of nitrogen functional groups attached to an aromatic ring is 1. The molecule has 5 heteroatoms. The topological polar surface area (TPSA) is 69.6 Å². The standard InChI is InChI=1S/C5H11N5/c1-3-4(2)10-8-5(6)7-9-10/h4H,3H2,1-2H3,(H2,6,8). The van der Waals surface area contributed by atoms with Gasteiger partial charge in [-0.15, -0.1) is 5.10 Å². The summed E-state index contributed by atoms with van der Waals surface area (Å²) in [5, 5.41) is 11.1. The Hall–Kier alpha value is -1.13. The normalized spacial score (nSPS) is 13.4. The van der Waals surface area contributed by atoms with Gasteiger partial charge < -0.3 is 5.73 Å². The van der Waals surface area contributed by atoms with Gasteiger partial charge in [-0.1, -0.05) is 12.0 Å². The molecule has 0 saturated carbocycles. The predicted octanol–water partition coefficient (Wildman–Crippen LogP) is 0.226. The molecule has 1 aromatic heterocycles. The maximum absolute atomic E-state index is 5.27. The van der Waals surface area contributed by atoms with Gasteiger partial charge in [-0.05, 0) is 18.6 Å². The first-order chi connectivity index (χ1) is 4.74. The zero-order chi connectivity index (χ0) is 7.56. The van der Waals surface area contributed by atoms with E-state index < -0.39 is 0 Å². The second kappa shape index (κ2) is 2.64. The third kappa shape index (κ3) is 1.23. The second-order valence-corrected chi connectivity index (χ2v) is 2.23. The van der Waals surface area contributed by atoms with Crippen LogP contribution in [-0.4, -0.2) is 20.2 Å². The lowest BCUT2D eigenvalue weighted by molar-refractivity contribution is 0.414. The van der Waals surface area contributed by atoms with Crippen molar-refractivity contribution in [3.05, 3.63) is 0 Å². The van der Waals surface area contributed by atoms with E-state index in [0.717, 1.165) is 6.42 Å². The number of rotatable bonds is 2. The summed E-state index contributed by atoms with van der Waals surface area (Å²) >= 11 is 0. The van der Waals surface area contributed by atoms with Gasteiger partial charge in [0.15, 0.2) is 0 Å². The number of aromatic nitrogens is 4. The molecule has 5 nitrogen and oxygen atoms in total. The van der Waals surface area contributed by atoms with Crippen LogP contribution in [0.3, 0.4) is 0 Å². The van der Waals surface area contributed by atoms with E-state index in [1.165, 1.54) is 4.80 Å². The Morgan fingerprint density at radius 3 is 2.80 bits per heavy atom. The van der Waals surface area contributed by atoms with Gasteiger partial charge in [0.05, 0.1) is 6.04 Å². The molecule has 0 amide bonds. The number of nitrogens with zero attached hydrogens (tertiary/aromatic N) is 4. The van der Waals surface area contributed by atoms with Gasteiger partial charge in [-0.3, -0.25) is 0 Å². The molecule has 0 fully saturated rings. The van der Waals surface area contributed by atoms with E-state index in [2.05, 4.69) is 22.3 Å². The maximum Gasteiger partial charge on any atom is 0.260 e. The van der Waals surface area contributed by atoms with Crippen LogP contribution in [0.4, 0.5) is 5.95 Å². The van der Waals surface area contributed by atoms with E-state index in [-0.39, 0.29) is 12.0 Å². The number of nitrogens with two attached hydrogens (primary N) is 1.